The van der Waals surface area contributed by atoms with Gasteiger partial charge in [0.1, 0.15) is 0 Å². The number of hydrogen-bond acceptors (Lipinski definition) is 2. The van der Waals surface area contributed by atoms with Crippen LogP contribution in [0.15, 0.2) is 6.20 Å². The van der Waals surface area contributed by atoms with E-state index in [1.807, 2.05) is 17.9 Å². The molecule has 0 bridgehead atoms. The summed E-state index contributed by atoms with van der Waals surface area (Å²) in [4.78, 5) is 11.3. The van der Waals surface area contributed by atoms with Crippen LogP contribution in [0.5, 0.6) is 0 Å². The van der Waals surface area contributed by atoms with E-state index in [-0.39, 0.29) is 11.9 Å². The first-order chi connectivity index (χ1) is 7.22. The first-order valence-electron chi connectivity index (χ1n) is 5.08. The standard InChI is InChI=1S/C10H14BrN3O/c1-14-9-4-2-3-8(7(9)6-12-14)13-10(15)5-11/h6,8H,2-5H2,1H3,(H,13,15). The molecule has 1 aromatic heterocycles. The fourth-order valence-corrected chi connectivity index (χ4v) is 2.25. The Bertz CT molecular complexity index is 375. The van der Waals surface area contributed by atoms with Crippen molar-refractivity contribution < 1.29 is 4.79 Å². The lowest BCUT2D eigenvalue weighted by Gasteiger charge is -2.23. The number of nitrogens with zero attached hydrogens (tertiary/aromatic N) is 2. The summed E-state index contributed by atoms with van der Waals surface area (Å²) in [5.74, 6) is 0.0386. The molecule has 0 aromatic carbocycles. The third kappa shape index (κ3) is 2.07. The van der Waals surface area contributed by atoms with Crippen molar-refractivity contribution in [2.45, 2.75) is 25.3 Å². The lowest BCUT2D eigenvalue weighted by Crippen LogP contribution is -2.31. The number of aromatic nitrogens is 2. The van der Waals surface area contributed by atoms with Crippen LogP contribution in [0.2, 0.25) is 0 Å². The summed E-state index contributed by atoms with van der Waals surface area (Å²) in [7, 11) is 1.95. The van der Waals surface area contributed by atoms with Gasteiger partial charge >= 0.3 is 0 Å². The van der Waals surface area contributed by atoms with E-state index in [9.17, 15) is 4.79 Å². The second-order valence-corrected chi connectivity index (χ2v) is 4.38. The molecule has 0 spiro atoms. The fourth-order valence-electron chi connectivity index (χ4n) is 2.09. The number of fused-ring (bicyclic) bond motifs is 1. The van der Waals surface area contributed by atoms with Gasteiger partial charge in [-0.3, -0.25) is 9.48 Å². The molecule has 0 saturated heterocycles. The number of rotatable bonds is 2. The largest absolute Gasteiger partial charge is 0.348 e. The number of aryl methyl sites for hydroxylation is 1. The van der Waals surface area contributed by atoms with Crippen LogP contribution >= 0.6 is 15.9 Å². The highest BCUT2D eigenvalue weighted by Crippen LogP contribution is 2.28. The van der Waals surface area contributed by atoms with E-state index < -0.39 is 0 Å². The quantitative estimate of drug-likeness (QED) is 0.825. The molecular weight excluding hydrogens is 258 g/mol. The summed E-state index contributed by atoms with van der Waals surface area (Å²) < 4.78 is 1.90. The second kappa shape index (κ2) is 4.35. The topological polar surface area (TPSA) is 46.9 Å². The lowest BCUT2D eigenvalue weighted by atomic mass is 9.93. The number of halogens is 1. The number of carbonyl (C=O) groups excluding carboxylic acids is 1. The van der Waals surface area contributed by atoms with Crippen molar-refractivity contribution in [3.8, 4) is 0 Å². The van der Waals surface area contributed by atoms with Gasteiger partial charge in [0.2, 0.25) is 5.91 Å². The van der Waals surface area contributed by atoms with Gasteiger partial charge in [-0.15, -0.1) is 0 Å². The van der Waals surface area contributed by atoms with Crippen LogP contribution in [-0.4, -0.2) is 21.0 Å². The van der Waals surface area contributed by atoms with Gasteiger partial charge in [-0.1, -0.05) is 15.9 Å². The summed E-state index contributed by atoms with van der Waals surface area (Å²) >= 11 is 3.15. The highest BCUT2D eigenvalue weighted by atomic mass is 79.9. The van der Waals surface area contributed by atoms with E-state index in [2.05, 4.69) is 26.3 Å². The van der Waals surface area contributed by atoms with Crippen LogP contribution in [0.25, 0.3) is 0 Å². The molecule has 5 heteroatoms. The van der Waals surface area contributed by atoms with Gasteiger partial charge in [0.25, 0.3) is 0 Å². The van der Waals surface area contributed by atoms with Crippen molar-refractivity contribution in [2.75, 3.05) is 5.33 Å². The molecule has 15 heavy (non-hydrogen) atoms. The summed E-state index contributed by atoms with van der Waals surface area (Å²) in [6.07, 6.45) is 5.05. The van der Waals surface area contributed by atoms with Crippen LogP contribution in [0.4, 0.5) is 0 Å². The zero-order valence-corrected chi connectivity index (χ0v) is 10.2. The fraction of sp³-hybridized carbons (Fsp3) is 0.600. The number of alkyl halides is 1. The summed E-state index contributed by atoms with van der Waals surface area (Å²) in [6.45, 7) is 0. The van der Waals surface area contributed by atoms with Gasteiger partial charge < -0.3 is 5.32 Å². The Hall–Kier alpha value is -0.840. The zero-order valence-electron chi connectivity index (χ0n) is 8.66. The van der Waals surface area contributed by atoms with Crippen molar-refractivity contribution in [3.05, 3.63) is 17.5 Å². The Balaban J connectivity index is 2.19. The first kappa shape index (κ1) is 10.7. The Labute approximate surface area is 97.2 Å². The predicted octanol–water partition coefficient (Wildman–Crippen LogP) is 1.31. The SMILES string of the molecule is Cn1ncc2c1CCCC2NC(=O)CBr. The molecule has 1 aromatic rings. The molecule has 0 radical (unpaired) electrons. The van der Waals surface area contributed by atoms with Crippen molar-refractivity contribution in [2.24, 2.45) is 7.05 Å². The molecule has 0 saturated carbocycles. The monoisotopic (exact) mass is 271 g/mol. The summed E-state index contributed by atoms with van der Waals surface area (Å²) in [5.41, 5.74) is 2.43. The van der Waals surface area contributed by atoms with Crippen molar-refractivity contribution in [1.29, 1.82) is 0 Å². The zero-order chi connectivity index (χ0) is 10.8. The van der Waals surface area contributed by atoms with E-state index in [1.165, 1.54) is 11.3 Å². The van der Waals surface area contributed by atoms with Crippen LogP contribution in [-0.2, 0) is 18.3 Å². The third-order valence-corrected chi connectivity index (χ3v) is 3.34. The Kier molecular flexibility index (Phi) is 3.09. The first-order valence-corrected chi connectivity index (χ1v) is 6.20. The van der Waals surface area contributed by atoms with Gasteiger partial charge in [-0.25, -0.2) is 0 Å². The average molecular weight is 272 g/mol. The van der Waals surface area contributed by atoms with Crippen LogP contribution in [0.3, 0.4) is 0 Å². The molecule has 4 nitrogen and oxygen atoms in total. The minimum Gasteiger partial charge on any atom is -0.348 e. The van der Waals surface area contributed by atoms with Crippen molar-refractivity contribution >= 4 is 21.8 Å². The molecule has 1 aliphatic carbocycles. The van der Waals surface area contributed by atoms with E-state index in [4.69, 9.17) is 0 Å². The highest BCUT2D eigenvalue weighted by molar-refractivity contribution is 9.09. The molecule has 2 rings (SSSR count). The van der Waals surface area contributed by atoms with Crippen LogP contribution in [0, 0.1) is 0 Å². The van der Waals surface area contributed by atoms with E-state index in [1.54, 1.807) is 0 Å². The molecule has 1 amide bonds. The Morgan fingerprint density at radius 1 is 1.80 bits per heavy atom. The van der Waals surface area contributed by atoms with E-state index in [0.717, 1.165) is 19.3 Å². The molecule has 0 fully saturated rings. The molecule has 1 N–H and O–H groups in total. The third-order valence-electron chi connectivity index (χ3n) is 2.83. The molecule has 1 atom stereocenters. The molecule has 0 aliphatic heterocycles. The predicted molar refractivity (Wildman–Crippen MR) is 60.8 cm³/mol. The maximum atomic E-state index is 11.3. The smallest absolute Gasteiger partial charge is 0.231 e. The highest BCUT2D eigenvalue weighted by Gasteiger charge is 2.24. The molecular formula is C10H14BrN3O. The Morgan fingerprint density at radius 3 is 3.33 bits per heavy atom. The molecule has 1 heterocycles. The minimum atomic E-state index is 0.0386. The molecule has 1 unspecified atom stereocenters. The Morgan fingerprint density at radius 2 is 2.60 bits per heavy atom. The summed E-state index contributed by atoms with van der Waals surface area (Å²) in [6, 6.07) is 0.146. The van der Waals surface area contributed by atoms with Gasteiger partial charge in [0.05, 0.1) is 17.6 Å². The van der Waals surface area contributed by atoms with Crippen molar-refractivity contribution in [3.63, 3.8) is 0 Å². The van der Waals surface area contributed by atoms with E-state index >= 15 is 0 Å². The van der Waals surface area contributed by atoms with Crippen molar-refractivity contribution in [1.82, 2.24) is 15.1 Å². The van der Waals surface area contributed by atoms with Gasteiger partial charge in [-0.05, 0) is 19.3 Å². The van der Waals surface area contributed by atoms with Gasteiger partial charge in [0.15, 0.2) is 0 Å². The van der Waals surface area contributed by atoms with Gasteiger partial charge in [-0.2, -0.15) is 5.10 Å². The van der Waals surface area contributed by atoms with E-state index in [0.29, 0.717) is 5.33 Å². The average Bonchev–Trinajstić information content (AvgIpc) is 2.62. The maximum Gasteiger partial charge on any atom is 0.231 e. The summed E-state index contributed by atoms with van der Waals surface area (Å²) in [5, 5.41) is 7.59. The normalized spacial score (nSPS) is 19.7. The van der Waals surface area contributed by atoms with Gasteiger partial charge in [0, 0.05) is 18.3 Å². The number of nitrogens with one attached hydrogen (secondary N) is 1. The van der Waals surface area contributed by atoms with Crippen LogP contribution in [0.1, 0.15) is 30.1 Å². The number of amides is 1. The molecule has 82 valence electrons. The minimum absolute atomic E-state index is 0.0386. The number of hydrogen-bond donors (Lipinski definition) is 1. The second-order valence-electron chi connectivity index (χ2n) is 3.82. The lowest BCUT2D eigenvalue weighted by molar-refractivity contribution is -0.119. The number of carbonyl (C=O) groups is 1. The van der Waals surface area contributed by atoms with Crippen LogP contribution < -0.4 is 5.32 Å². The maximum absolute atomic E-state index is 11.3. The molecule has 1 aliphatic rings.